The van der Waals surface area contributed by atoms with Crippen LogP contribution in [0.1, 0.15) is 51.5 Å². The van der Waals surface area contributed by atoms with E-state index in [4.69, 9.17) is 16.3 Å². The Kier molecular flexibility index (Phi) is 9.12. The van der Waals surface area contributed by atoms with Gasteiger partial charge in [0.25, 0.3) is 5.91 Å². The van der Waals surface area contributed by atoms with E-state index in [1.807, 2.05) is 32.9 Å². The van der Waals surface area contributed by atoms with Crippen molar-refractivity contribution in [2.45, 2.75) is 70.1 Å². The molecule has 5 atom stereocenters. The van der Waals surface area contributed by atoms with Gasteiger partial charge in [-0.1, -0.05) is 49.7 Å². The molecule has 0 saturated carbocycles. The fourth-order valence-corrected chi connectivity index (χ4v) is 7.63. The van der Waals surface area contributed by atoms with Crippen molar-refractivity contribution in [1.82, 2.24) is 9.80 Å². The van der Waals surface area contributed by atoms with Crippen LogP contribution in [0.4, 0.5) is 5.69 Å². The zero-order valence-electron chi connectivity index (χ0n) is 23.9. The topological polar surface area (TPSA) is 90.4 Å². The summed E-state index contributed by atoms with van der Waals surface area (Å²) in [6.07, 6.45) is 6.05. The van der Waals surface area contributed by atoms with Crippen molar-refractivity contribution in [2.75, 3.05) is 37.7 Å². The van der Waals surface area contributed by atoms with Crippen molar-refractivity contribution in [3.8, 4) is 0 Å². The number of anilines is 1. The van der Waals surface area contributed by atoms with Crippen LogP contribution in [0.5, 0.6) is 0 Å². The molecule has 1 spiro atoms. The number of benzene rings is 1. The van der Waals surface area contributed by atoms with Crippen LogP contribution in [0.25, 0.3) is 0 Å². The van der Waals surface area contributed by atoms with E-state index in [0.717, 1.165) is 12.0 Å². The SMILES string of the molecule is C=CCN(CCC)C(=O)[C@@H]1[C@H]2C(=O)N(CCCO)C(C(=O)N(CC=C)c3c(C)cccc3Cl)C23CC[C@@]1(CC)O3. The molecule has 0 radical (unpaired) electrons. The van der Waals surface area contributed by atoms with Crippen LogP contribution in [0, 0.1) is 18.8 Å². The number of nitrogens with zero attached hydrogens (tertiary/aromatic N) is 3. The number of carbonyl (C=O) groups is 3. The summed E-state index contributed by atoms with van der Waals surface area (Å²) in [7, 11) is 0. The summed E-state index contributed by atoms with van der Waals surface area (Å²) in [6.45, 7) is 14.7. The van der Waals surface area contributed by atoms with Gasteiger partial charge in [0.2, 0.25) is 11.8 Å². The van der Waals surface area contributed by atoms with Gasteiger partial charge in [0.1, 0.15) is 11.6 Å². The van der Waals surface area contributed by atoms with Crippen LogP contribution in [0.2, 0.25) is 5.02 Å². The third kappa shape index (κ3) is 4.68. The number of ether oxygens (including phenoxy) is 1. The molecule has 40 heavy (non-hydrogen) atoms. The van der Waals surface area contributed by atoms with Gasteiger partial charge in [-0.15, -0.1) is 13.2 Å². The van der Waals surface area contributed by atoms with Gasteiger partial charge in [0, 0.05) is 32.8 Å². The number of fused-ring (bicyclic) bond motifs is 1. The van der Waals surface area contributed by atoms with Gasteiger partial charge in [-0.05, 0) is 50.7 Å². The molecule has 1 aromatic rings. The number of halogens is 1. The second kappa shape index (κ2) is 12.0. The molecule has 3 amide bonds. The van der Waals surface area contributed by atoms with Crippen molar-refractivity contribution in [3.05, 3.63) is 54.1 Å². The van der Waals surface area contributed by atoms with Gasteiger partial charge in [0.15, 0.2) is 0 Å². The van der Waals surface area contributed by atoms with Crippen LogP contribution in [0.3, 0.4) is 0 Å². The lowest BCUT2D eigenvalue weighted by molar-refractivity contribution is -0.151. The van der Waals surface area contributed by atoms with E-state index in [0.29, 0.717) is 49.5 Å². The number of hydrogen-bond donors (Lipinski definition) is 1. The average Bonchev–Trinajstić information content (AvgIpc) is 3.54. The first-order chi connectivity index (χ1) is 19.2. The molecule has 1 aromatic carbocycles. The van der Waals surface area contributed by atoms with Crippen LogP contribution in [-0.4, -0.2) is 82.7 Å². The maximum Gasteiger partial charge on any atom is 0.253 e. The largest absolute Gasteiger partial charge is 0.396 e. The molecule has 0 aromatic heterocycles. The third-order valence-corrected chi connectivity index (χ3v) is 9.23. The molecule has 3 heterocycles. The molecule has 1 N–H and O–H groups in total. The van der Waals surface area contributed by atoms with E-state index in [1.165, 1.54) is 0 Å². The zero-order chi connectivity index (χ0) is 29.2. The van der Waals surface area contributed by atoms with E-state index in [-0.39, 0.29) is 37.4 Å². The first-order valence-electron chi connectivity index (χ1n) is 14.4. The highest BCUT2D eigenvalue weighted by Gasteiger charge is 2.79. The molecule has 3 aliphatic rings. The quantitative estimate of drug-likeness (QED) is 0.360. The molecule has 8 nitrogen and oxygen atoms in total. The van der Waals surface area contributed by atoms with Gasteiger partial charge >= 0.3 is 0 Å². The minimum Gasteiger partial charge on any atom is -0.396 e. The standard InChI is InChI=1S/C31H42ClN3O5/c1-6-16-33(17-7-2)27(37)23-24-28(38)35(19-11-20-36)26(31(24)15-14-30(23,9-4)40-31)29(39)34(18-8-3)25-21(5)12-10-13-22(25)32/h6,8,10,12-13,23-24,26,36H,1,3,7,9,11,14-20H2,2,4-5H3/t23-,24-,26?,30+,31?/m0/s1. The highest BCUT2D eigenvalue weighted by atomic mass is 35.5. The number of aliphatic hydroxyl groups is 1. The first kappa shape index (κ1) is 30.3. The summed E-state index contributed by atoms with van der Waals surface area (Å²) < 4.78 is 6.90. The number of amides is 3. The van der Waals surface area contributed by atoms with E-state index in [1.54, 1.807) is 32.9 Å². The molecule has 3 saturated heterocycles. The summed E-state index contributed by atoms with van der Waals surface area (Å²) in [4.78, 5) is 48.0. The van der Waals surface area contributed by atoms with E-state index >= 15 is 0 Å². The summed E-state index contributed by atoms with van der Waals surface area (Å²) in [5, 5.41) is 10.1. The number of rotatable bonds is 13. The van der Waals surface area contributed by atoms with Crippen LogP contribution >= 0.6 is 11.6 Å². The Labute approximate surface area is 242 Å². The molecule has 9 heteroatoms. The Morgan fingerprint density at radius 2 is 1.93 bits per heavy atom. The van der Waals surface area contributed by atoms with Gasteiger partial charge < -0.3 is 24.5 Å². The fourth-order valence-electron chi connectivity index (χ4n) is 7.30. The number of carbonyl (C=O) groups excluding carboxylic acids is 3. The molecule has 0 aliphatic carbocycles. The van der Waals surface area contributed by atoms with Crippen molar-refractivity contribution in [2.24, 2.45) is 11.8 Å². The number of aryl methyl sites for hydroxylation is 1. The Bertz CT molecular complexity index is 1150. The molecule has 218 valence electrons. The molecule has 3 fully saturated rings. The van der Waals surface area contributed by atoms with Gasteiger partial charge in [-0.2, -0.15) is 0 Å². The Balaban J connectivity index is 1.85. The van der Waals surface area contributed by atoms with E-state index in [2.05, 4.69) is 13.2 Å². The van der Waals surface area contributed by atoms with Crippen molar-refractivity contribution >= 4 is 35.0 Å². The number of para-hydroxylation sites is 1. The highest BCUT2D eigenvalue weighted by molar-refractivity contribution is 6.34. The fraction of sp³-hybridized carbons (Fsp3) is 0.581. The Morgan fingerprint density at radius 3 is 2.52 bits per heavy atom. The van der Waals surface area contributed by atoms with Crippen molar-refractivity contribution in [1.29, 1.82) is 0 Å². The van der Waals surface area contributed by atoms with E-state index in [9.17, 15) is 19.5 Å². The molecule has 3 aliphatic heterocycles. The lowest BCUT2D eigenvalue weighted by atomic mass is 9.64. The maximum atomic E-state index is 14.7. The summed E-state index contributed by atoms with van der Waals surface area (Å²) in [5.74, 6) is -2.19. The summed E-state index contributed by atoms with van der Waals surface area (Å²) in [6, 6.07) is 4.48. The normalized spacial score (nSPS) is 28.5. The monoisotopic (exact) mass is 571 g/mol. The average molecular weight is 572 g/mol. The van der Waals surface area contributed by atoms with Gasteiger partial charge in [-0.3, -0.25) is 14.4 Å². The summed E-state index contributed by atoms with van der Waals surface area (Å²) in [5.41, 5.74) is -0.595. The first-order valence-corrected chi connectivity index (χ1v) is 14.7. The third-order valence-electron chi connectivity index (χ3n) is 8.93. The second-order valence-corrected chi connectivity index (χ2v) is 11.6. The molecular weight excluding hydrogens is 530 g/mol. The minimum atomic E-state index is -1.15. The smallest absolute Gasteiger partial charge is 0.253 e. The predicted molar refractivity (Wildman–Crippen MR) is 156 cm³/mol. The Morgan fingerprint density at radius 1 is 1.20 bits per heavy atom. The van der Waals surface area contributed by atoms with Crippen LogP contribution < -0.4 is 4.90 Å². The molecule has 2 unspecified atom stereocenters. The molecule has 4 rings (SSSR count). The van der Waals surface area contributed by atoms with Crippen molar-refractivity contribution in [3.63, 3.8) is 0 Å². The number of likely N-dealkylation sites (tertiary alicyclic amines) is 1. The Hall–Kier alpha value is -2.68. The zero-order valence-corrected chi connectivity index (χ0v) is 24.7. The van der Waals surface area contributed by atoms with Crippen molar-refractivity contribution < 1.29 is 24.2 Å². The lowest BCUT2D eigenvalue weighted by Gasteiger charge is -2.37. The molecular formula is C31H42ClN3O5. The molecule has 2 bridgehead atoms. The van der Waals surface area contributed by atoms with Crippen LogP contribution in [-0.2, 0) is 19.1 Å². The van der Waals surface area contributed by atoms with Gasteiger partial charge in [-0.25, -0.2) is 0 Å². The second-order valence-electron chi connectivity index (χ2n) is 11.2. The number of aliphatic hydroxyl groups excluding tert-OH is 1. The highest BCUT2D eigenvalue weighted by Crippen LogP contribution is 2.64. The predicted octanol–water partition coefficient (Wildman–Crippen LogP) is 4.13. The minimum absolute atomic E-state index is 0.122. The van der Waals surface area contributed by atoms with E-state index < -0.39 is 29.1 Å². The van der Waals surface area contributed by atoms with Gasteiger partial charge in [0.05, 0.1) is 28.1 Å². The number of hydrogen-bond acceptors (Lipinski definition) is 5. The lowest BCUT2D eigenvalue weighted by Crippen LogP contribution is -2.57. The summed E-state index contributed by atoms with van der Waals surface area (Å²) >= 11 is 6.62. The maximum absolute atomic E-state index is 14.7. The van der Waals surface area contributed by atoms with Crippen LogP contribution in [0.15, 0.2) is 43.5 Å².